The Balaban J connectivity index is 0.000000164. The van der Waals surface area contributed by atoms with Crippen molar-refractivity contribution in [3.05, 3.63) is 163 Å². The summed E-state index contributed by atoms with van der Waals surface area (Å²) in [7, 11) is 0. The Labute approximate surface area is 303 Å². The average molecular weight is 803 g/mol. The van der Waals surface area contributed by atoms with Gasteiger partial charge in [-0.3, -0.25) is 0 Å². The zero-order chi connectivity index (χ0) is 36.7. The molecule has 48 heavy (non-hydrogen) atoms. The van der Waals surface area contributed by atoms with E-state index in [1.165, 1.54) is 18.3 Å². The molecule has 0 fully saturated rings. The van der Waals surface area contributed by atoms with Gasteiger partial charge in [0, 0.05) is 52.2 Å². The Morgan fingerprint density at radius 2 is 1.42 bits per heavy atom. The van der Waals surface area contributed by atoms with Gasteiger partial charge >= 0.3 is 0 Å². The van der Waals surface area contributed by atoms with E-state index in [9.17, 15) is 0 Å². The van der Waals surface area contributed by atoms with Crippen molar-refractivity contribution in [3.8, 4) is 56.6 Å². The number of pyridine rings is 2. The largest absolute Gasteiger partial charge is 0.503 e. The van der Waals surface area contributed by atoms with Gasteiger partial charge in [0.1, 0.15) is 11.5 Å². The van der Waals surface area contributed by atoms with Crippen LogP contribution in [-0.4, -0.2) is 16.7 Å². The summed E-state index contributed by atoms with van der Waals surface area (Å²) in [4.78, 5) is 8.77. The Morgan fingerprint density at radius 1 is 0.667 bits per heavy atom. The standard InChI is InChI=1S/C23H13BNO2.C19H16N.Ir/c1-3-10-19-16(7-1)24-17-8-2-4-11-20(17)27-23-15(18-9-5-6-14-25-18)12-13-21(26-19)22(23)24;1-14-8-10-17(11-9-14)19-12-18(15(2)13-20-19)16-6-4-3-5-7-16;/h1-11,13-14H;3-10,12-13H,1-2H3;/q2*-1;/i;1D3,2D3;. The fraction of sp³-hybridized carbons (Fsp3) is 0.0476. The first-order valence-electron chi connectivity index (χ1n) is 18.2. The summed E-state index contributed by atoms with van der Waals surface area (Å²) < 4.78 is 58.1. The molecule has 0 aliphatic carbocycles. The van der Waals surface area contributed by atoms with Crippen molar-refractivity contribution in [1.29, 1.82) is 0 Å². The second-order valence-corrected chi connectivity index (χ2v) is 11.2. The number of hydrogen-bond acceptors (Lipinski definition) is 4. The van der Waals surface area contributed by atoms with E-state index in [4.69, 9.17) is 17.7 Å². The van der Waals surface area contributed by atoms with Crippen molar-refractivity contribution in [2.45, 2.75) is 13.7 Å². The molecule has 2 aliphatic rings. The molecular weight excluding hydrogens is 768 g/mol. The molecule has 6 heteroatoms. The van der Waals surface area contributed by atoms with Crippen LogP contribution in [0.5, 0.6) is 23.0 Å². The molecule has 0 saturated heterocycles. The van der Waals surface area contributed by atoms with Crippen LogP contribution < -0.4 is 25.9 Å². The summed E-state index contributed by atoms with van der Waals surface area (Å²) in [5.41, 5.74) is 7.91. The van der Waals surface area contributed by atoms with Gasteiger partial charge < -0.3 is 19.4 Å². The smallest absolute Gasteiger partial charge is 0.239 e. The number of ether oxygens (including phenoxy) is 2. The number of rotatable bonds is 3. The van der Waals surface area contributed by atoms with E-state index in [2.05, 4.69) is 46.4 Å². The quantitative estimate of drug-likeness (QED) is 0.134. The molecule has 0 saturated carbocycles. The van der Waals surface area contributed by atoms with Gasteiger partial charge in [0.25, 0.3) is 0 Å². The van der Waals surface area contributed by atoms with Crippen LogP contribution in [0.25, 0.3) is 33.6 Å². The van der Waals surface area contributed by atoms with E-state index in [0.29, 0.717) is 16.8 Å². The molecule has 4 heterocycles. The van der Waals surface area contributed by atoms with Gasteiger partial charge in [-0.1, -0.05) is 103 Å². The third kappa shape index (κ3) is 5.86. The Bertz CT molecular complexity index is 2430. The molecule has 9 rings (SSSR count). The zero-order valence-corrected chi connectivity index (χ0v) is 27.8. The van der Waals surface area contributed by atoms with Crippen LogP contribution in [0.1, 0.15) is 19.4 Å². The topological polar surface area (TPSA) is 44.2 Å². The minimum atomic E-state index is -2.29. The fourth-order valence-electron chi connectivity index (χ4n) is 6.07. The van der Waals surface area contributed by atoms with E-state index >= 15 is 0 Å². The second kappa shape index (κ2) is 13.4. The first-order chi connectivity index (χ1) is 25.6. The van der Waals surface area contributed by atoms with E-state index < -0.39 is 13.7 Å². The van der Waals surface area contributed by atoms with Crippen LogP contribution in [-0.2, 0) is 20.1 Å². The van der Waals surface area contributed by atoms with Gasteiger partial charge in [0.2, 0.25) is 6.71 Å². The summed E-state index contributed by atoms with van der Waals surface area (Å²) in [6.45, 7) is -4.41. The van der Waals surface area contributed by atoms with Gasteiger partial charge in [-0.25, -0.2) is 0 Å². The van der Waals surface area contributed by atoms with Gasteiger partial charge in [-0.15, -0.1) is 47.5 Å². The molecule has 0 amide bonds. The van der Waals surface area contributed by atoms with Gasteiger partial charge in [-0.05, 0) is 64.1 Å². The summed E-state index contributed by atoms with van der Waals surface area (Å²) in [6, 6.07) is 46.0. The molecule has 7 aromatic rings. The fourth-order valence-corrected chi connectivity index (χ4v) is 6.07. The normalized spacial score (nSPS) is 14.0. The molecule has 2 aliphatic heterocycles. The van der Waals surface area contributed by atoms with Crippen molar-refractivity contribution < 1.29 is 37.8 Å². The van der Waals surface area contributed by atoms with Crippen molar-refractivity contribution in [2.24, 2.45) is 0 Å². The summed E-state index contributed by atoms with van der Waals surface area (Å²) >= 11 is 0. The van der Waals surface area contributed by atoms with E-state index in [-0.39, 0.29) is 37.9 Å². The molecule has 0 spiro atoms. The number of aryl methyl sites for hydroxylation is 2. The zero-order valence-electron chi connectivity index (χ0n) is 31.4. The minimum absolute atomic E-state index is 0. The Hall–Kier alpha value is -5.29. The summed E-state index contributed by atoms with van der Waals surface area (Å²) in [5.74, 6) is 3.33. The third-order valence-corrected chi connectivity index (χ3v) is 8.26. The molecule has 2 aromatic heterocycles. The molecule has 0 bridgehead atoms. The van der Waals surface area contributed by atoms with Gasteiger partial charge in [0.05, 0.1) is 0 Å². The van der Waals surface area contributed by atoms with Crippen LogP contribution in [0.4, 0.5) is 0 Å². The monoisotopic (exact) mass is 803 g/mol. The van der Waals surface area contributed by atoms with E-state index in [0.717, 1.165) is 56.2 Å². The maximum absolute atomic E-state index is 7.76. The number of fused-ring (bicyclic) bond motifs is 4. The molecule has 233 valence electrons. The average Bonchev–Trinajstić information content (AvgIpc) is 3.18. The van der Waals surface area contributed by atoms with Crippen LogP contribution in [0.15, 0.2) is 140 Å². The van der Waals surface area contributed by atoms with Crippen molar-refractivity contribution >= 4 is 23.1 Å². The predicted octanol–water partition coefficient (Wildman–Crippen LogP) is 8.11. The molecule has 5 aromatic carbocycles. The first-order valence-corrected chi connectivity index (χ1v) is 15.2. The second-order valence-electron chi connectivity index (χ2n) is 11.2. The van der Waals surface area contributed by atoms with Crippen LogP contribution >= 0.6 is 0 Å². The summed E-state index contributed by atoms with van der Waals surface area (Å²) in [5, 5.41) is 0. The summed E-state index contributed by atoms with van der Waals surface area (Å²) in [6.07, 6.45) is 3.14. The minimum Gasteiger partial charge on any atom is -0.503 e. The van der Waals surface area contributed by atoms with E-state index in [1.54, 1.807) is 18.3 Å². The third-order valence-electron chi connectivity index (χ3n) is 8.26. The van der Waals surface area contributed by atoms with Crippen LogP contribution in [0, 0.1) is 25.8 Å². The van der Waals surface area contributed by atoms with Crippen molar-refractivity contribution in [1.82, 2.24) is 9.97 Å². The van der Waals surface area contributed by atoms with Crippen molar-refractivity contribution in [2.75, 3.05) is 0 Å². The molecule has 1 radical (unpaired) electrons. The molecule has 0 unspecified atom stereocenters. The van der Waals surface area contributed by atoms with E-state index in [1.807, 2.05) is 78.9 Å². The SMILES string of the molecule is [2H]C([2H])([2H])c1c[c-]c(-c2cc(-c3ccccc3)c(C([2H])([2H])[2H])cn2)cc1.[Ir].[c-]1cc2c3c(c1-c1ccccn1)Oc1ccccc1B3c1ccccc1O2. The molecule has 0 atom stereocenters. The molecule has 4 nitrogen and oxygen atoms in total. The first kappa shape index (κ1) is 24.8. The van der Waals surface area contributed by atoms with Gasteiger partial charge in [-0.2, -0.15) is 0 Å². The predicted molar refractivity (Wildman–Crippen MR) is 190 cm³/mol. The number of aromatic nitrogens is 2. The Morgan fingerprint density at radius 3 is 2.12 bits per heavy atom. The van der Waals surface area contributed by atoms with Crippen molar-refractivity contribution in [3.63, 3.8) is 0 Å². The number of hydrogen-bond donors (Lipinski definition) is 0. The Kier molecular flexibility index (Phi) is 6.95. The number of nitrogens with zero attached hydrogens (tertiary/aromatic N) is 2. The number of para-hydroxylation sites is 2. The number of benzene rings is 5. The molecule has 0 N–H and O–H groups in total. The molecular formula is C42H29BIrN2O2-2. The maximum atomic E-state index is 7.76. The maximum Gasteiger partial charge on any atom is 0.239 e. The van der Waals surface area contributed by atoms with Crippen LogP contribution in [0.3, 0.4) is 0 Å². The van der Waals surface area contributed by atoms with Gasteiger partial charge in [0.15, 0.2) is 0 Å². The van der Waals surface area contributed by atoms with Crippen LogP contribution in [0.2, 0.25) is 0 Å².